The van der Waals surface area contributed by atoms with E-state index in [1.54, 1.807) is 4.40 Å². The van der Waals surface area contributed by atoms with Crippen molar-refractivity contribution in [2.75, 3.05) is 29.5 Å². The second kappa shape index (κ2) is 11.2. The lowest BCUT2D eigenvalue weighted by molar-refractivity contribution is -0.119. The second-order valence-corrected chi connectivity index (χ2v) is 8.68. The van der Waals surface area contributed by atoms with Gasteiger partial charge in [-0.25, -0.2) is 4.40 Å². The number of halogens is 1. The molecule has 4 rings (SSSR count). The summed E-state index contributed by atoms with van der Waals surface area (Å²) in [6, 6.07) is 17.0. The molecule has 2 heterocycles. The summed E-state index contributed by atoms with van der Waals surface area (Å²) in [5, 5.41) is 19.0. The number of thioether (sulfide) groups is 1. The minimum absolute atomic E-state index is 0.144. The maximum Gasteiger partial charge on any atom is 0.261 e. The smallest absolute Gasteiger partial charge is 0.261 e. The molecular formula is C23H25ClN8OS. The summed E-state index contributed by atoms with van der Waals surface area (Å²) in [4.78, 5) is 21.9. The molecule has 34 heavy (non-hydrogen) atoms. The van der Waals surface area contributed by atoms with Crippen LogP contribution in [0.1, 0.15) is 31.0 Å². The van der Waals surface area contributed by atoms with Crippen LogP contribution >= 0.6 is 23.4 Å². The Bertz CT molecular complexity index is 1270. The Morgan fingerprint density at radius 2 is 1.76 bits per heavy atom. The van der Waals surface area contributed by atoms with E-state index >= 15 is 0 Å². The van der Waals surface area contributed by atoms with Crippen LogP contribution in [0, 0.1) is 0 Å². The second-order valence-electron chi connectivity index (χ2n) is 7.30. The van der Waals surface area contributed by atoms with Crippen LogP contribution in [0.25, 0.3) is 5.78 Å². The molecule has 4 aromatic rings. The van der Waals surface area contributed by atoms with E-state index in [0.29, 0.717) is 40.9 Å². The molecule has 0 aliphatic heterocycles. The summed E-state index contributed by atoms with van der Waals surface area (Å²) in [5.41, 5.74) is 1.87. The summed E-state index contributed by atoms with van der Waals surface area (Å²) in [6.07, 6.45) is 0. The van der Waals surface area contributed by atoms with E-state index in [2.05, 4.69) is 36.1 Å². The number of amides is 1. The van der Waals surface area contributed by atoms with Crippen LogP contribution in [0.3, 0.4) is 0 Å². The van der Waals surface area contributed by atoms with Crippen molar-refractivity contribution in [2.45, 2.75) is 25.0 Å². The molecule has 176 valence electrons. The fraction of sp³-hybridized carbons (Fsp3) is 0.261. The predicted molar refractivity (Wildman–Crippen MR) is 136 cm³/mol. The molecule has 0 saturated carbocycles. The van der Waals surface area contributed by atoms with Gasteiger partial charge in [-0.1, -0.05) is 65.8 Å². The number of rotatable bonds is 10. The lowest BCUT2D eigenvalue weighted by Crippen LogP contribution is -2.30. The van der Waals surface area contributed by atoms with E-state index in [1.807, 2.05) is 68.4 Å². The Morgan fingerprint density at radius 3 is 2.50 bits per heavy atom. The summed E-state index contributed by atoms with van der Waals surface area (Å²) < 4.78 is 1.72. The van der Waals surface area contributed by atoms with Crippen molar-refractivity contribution in [2.24, 2.45) is 0 Å². The minimum atomic E-state index is -0.327. The number of anilines is 2. The molecule has 1 unspecified atom stereocenters. The van der Waals surface area contributed by atoms with Gasteiger partial charge >= 0.3 is 0 Å². The van der Waals surface area contributed by atoms with Crippen LogP contribution < -0.4 is 16.0 Å². The van der Waals surface area contributed by atoms with Crippen LogP contribution in [-0.4, -0.2) is 49.3 Å². The zero-order valence-electron chi connectivity index (χ0n) is 18.8. The van der Waals surface area contributed by atoms with Gasteiger partial charge in [-0.15, -0.1) is 10.2 Å². The first-order valence-corrected chi connectivity index (χ1v) is 12.3. The molecule has 0 aliphatic carbocycles. The summed E-state index contributed by atoms with van der Waals surface area (Å²) in [7, 11) is 0. The highest BCUT2D eigenvalue weighted by molar-refractivity contribution is 7.99. The van der Waals surface area contributed by atoms with Crippen molar-refractivity contribution >= 4 is 46.9 Å². The molecule has 0 fully saturated rings. The molecule has 1 amide bonds. The average Bonchev–Trinajstić information content (AvgIpc) is 3.25. The third kappa shape index (κ3) is 5.57. The van der Waals surface area contributed by atoms with E-state index in [0.717, 1.165) is 11.1 Å². The number of aromatic nitrogens is 5. The number of nitrogens with one attached hydrogen (secondary N) is 3. The Labute approximate surface area is 206 Å². The molecule has 9 nitrogen and oxygen atoms in total. The number of hydrogen-bond donors (Lipinski definition) is 3. The van der Waals surface area contributed by atoms with Gasteiger partial charge in [0.15, 0.2) is 5.16 Å². The molecule has 3 N–H and O–H groups in total. The molecule has 1 atom stereocenters. The van der Waals surface area contributed by atoms with E-state index < -0.39 is 0 Å². The average molecular weight is 497 g/mol. The fourth-order valence-corrected chi connectivity index (χ4v) is 4.36. The molecular weight excluding hydrogens is 472 g/mol. The number of nitrogens with zero attached hydrogens (tertiary/aromatic N) is 5. The van der Waals surface area contributed by atoms with Gasteiger partial charge in [0, 0.05) is 18.1 Å². The lowest BCUT2D eigenvalue weighted by Gasteiger charge is -2.20. The molecule has 2 aromatic heterocycles. The predicted octanol–water partition coefficient (Wildman–Crippen LogP) is 4.03. The zero-order valence-corrected chi connectivity index (χ0v) is 20.4. The van der Waals surface area contributed by atoms with Crippen LogP contribution in [0.15, 0.2) is 59.8 Å². The SMILES string of the molecule is CCNc1nc(NCC)n2c(SCC(=O)NC(c3ccccc3)c3cccc(Cl)c3)nnc2n1. The third-order valence-corrected chi connectivity index (χ3v) is 6.03. The number of hydrogen-bond acceptors (Lipinski definition) is 8. The third-order valence-electron chi connectivity index (χ3n) is 4.87. The standard InChI is InChI=1S/C23H25ClN8OS/c1-3-25-20-28-21(26-4-2)32-22(29-20)30-31-23(32)34-14-18(33)27-19(15-9-6-5-7-10-15)16-11-8-12-17(24)13-16/h5-13,19H,3-4,14H2,1-2H3,(H,27,33)(H2,25,26,28,29,30). The first-order valence-electron chi connectivity index (χ1n) is 10.9. The lowest BCUT2D eigenvalue weighted by atomic mass is 9.99. The highest BCUT2D eigenvalue weighted by Crippen LogP contribution is 2.26. The minimum Gasteiger partial charge on any atom is -0.355 e. The van der Waals surface area contributed by atoms with Gasteiger partial charge < -0.3 is 16.0 Å². The van der Waals surface area contributed by atoms with E-state index in [-0.39, 0.29) is 17.7 Å². The normalized spacial score (nSPS) is 11.9. The van der Waals surface area contributed by atoms with Crippen LogP contribution in [0.5, 0.6) is 0 Å². The first kappa shape index (κ1) is 23.8. The molecule has 0 aliphatic rings. The largest absolute Gasteiger partial charge is 0.355 e. The van der Waals surface area contributed by atoms with Crippen molar-refractivity contribution < 1.29 is 4.79 Å². The summed E-state index contributed by atoms with van der Waals surface area (Å²) >= 11 is 7.48. The van der Waals surface area contributed by atoms with Gasteiger partial charge in [-0.2, -0.15) is 9.97 Å². The maximum absolute atomic E-state index is 13.0. The Kier molecular flexibility index (Phi) is 7.81. The molecule has 0 radical (unpaired) electrons. The van der Waals surface area contributed by atoms with Crippen LogP contribution in [-0.2, 0) is 4.79 Å². The Balaban J connectivity index is 1.53. The number of carbonyl (C=O) groups excluding carboxylic acids is 1. The van der Waals surface area contributed by atoms with Gasteiger partial charge in [-0.3, -0.25) is 4.79 Å². The Morgan fingerprint density at radius 1 is 1.00 bits per heavy atom. The van der Waals surface area contributed by atoms with E-state index in [4.69, 9.17) is 11.6 Å². The van der Waals surface area contributed by atoms with Gasteiger partial charge in [0.05, 0.1) is 11.8 Å². The van der Waals surface area contributed by atoms with Gasteiger partial charge in [-0.05, 0) is 37.1 Å². The van der Waals surface area contributed by atoms with Crippen molar-refractivity contribution in [3.8, 4) is 0 Å². The zero-order chi connectivity index (χ0) is 23.9. The van der Waals surface area contributed by atoms with Gasteiger partial charge in [0.1, 0.15) is 0 Å². The highest BCUT2D eigenvalue weighted by Gasteiger charge is 2.19. The molecule has 0 spiro atoms. The molecule has 11 heteroatoms. The van der Waals surface area contributed by atoms with Gasteiger partial charge in [0.25, 0.3) is 5.78 Å². The van der Waals surface area contributed by atoms with Crippen molar-refractivity contribution in [3.05, 3.63) is 70.7 Å². The van der Waals surface area contributed by atoms with Gasteiger partial charge in [0.2, 0.25) is 17.8 Å². The Hall–Kier alpha value is -3.37. The fourth-order valence-electron chi connectivity index (χ4n) is 3.42. The number of carbonyl (C=O) groups is 1. The maximum atomic E-state index is 13.0. The summed E-state index contributed by atoms with van der Waals surface area (Å²) in [6.45, 7) is 5.30. The van der Waals surface area contributed by atoms with Crippen molar-refractivity contribution in [1.82, 2.24) is 29.9 Å². The first-order chi connectivity index (χ1) is 16.6. The van der Waals surface area contributed by atoms with Crippen LogP contribution in [0.2, 0.25) is 5.02 Å². The van der Waals surface area contributed by atoms with E-state index in [1.165, 1.54) is 11.8 Å². The molecule has 0 bridgehead atoms. The van der Waals surface area contributed by atoms with Crippen molar-refractivity contribution in [1.29, 1.82) is 0 Å². The highest BCUT2D eigenvalue weighted by atomic mass is 35.5. The number of benzene rings is 2. The monoisotopic (exact) mass is 496 g/mol. The van der Waals surface area contributed by atoms with Crippen LogP contribution in [0.4, 0.5) is 11.9 Å². The molecule has 0 saturated heterocycles. The van der Waals surface area contributed by atoms with Crippen molar-refractivity contribution in [3.63, 3.8) is 0 Å². The van der Waals surface area contributed by atoms with E-state index in [9.17, 15) is 4.79 Å². The number of fused-ring (bicyclic) bond motifs is 1. The summed E-state index contributed by atoms with van der Waals surface area (Å²) in [5.74, 6) is 1.44. The molecule has 2 aromatic carbocycles. The topological polar surface area (TPSA) is 109 Å². The quantitative estimate of drug-likeness (QED) is 0.282.